The van der Waals surface area contributed by atoms with Gasteiger partial charge in [-0.1, -0.05) is 0 Å². The summed E-state index contributed by atoms with van der Waals surface area (Å²) in [5.41, 5.74) is 0. The number of rotatable bonds is 0. The zero-order valence-corrected chi connectivity index (χ0v) is 13.9. The molecule has 0 aliphatic rings. The van der Waals surface area contributed by atoms with Crippen molar-refractivity contribution in [2.24, 2.45) is 26.7 Å². The quantitative estimate of drug-likeness (QED) is 0.192. The molecule has 129 valence electrons. The molecule has 0 rings (SSSR count). The maximum absolute atomic E-state index is 8.36. The topological polar surface area (TPSA) is 343 Å². The van der Waals surface area contributed by atoms with Crippen molar-refractivity contribution < 1.29 is 81.2 Å². The van der Waals surface area contributed by atoms with E-state index in [9.17, 15) is 0 Å². The van der Waals surface area contributed by atoms with Gasteiger partial charge in [0.15, 0.2) is 0 Å². The molecule has 0 aromatic rings. The third kappa shape index (κ3) is 1550. The summed E-state index contributed by atoms with van der Waals surface area (Å²) in [4.78, 5) is 48.4. The first kappa shape index (κ1) is 50.1. The Morgan fingerprint density at radius 3 is 0.682 bits per heavy atom. The number of hydrogen-bond acceptors (Lipinski definition) is 18. The van der Waals surface area contributed by atoms with Gasteiger partial charge in [0.1, 0.15) is 0 Å². The van der Waals surface area contributed by atoms with Crippen LogP contribution in [0.15, 0.2) is 26.7 Å². The fourth-order valence-electron chi connectivity index (χ4n) is 0. The van der Waals surface area contributed by atoms with Gasteiger partial charge >= 0.3 is 70.9 Å². The van der Waals surface area contributed by atoms with E-state index in [0.717, 1.165) is 26.7 Å². The molecule has 0 heterocycles. The fourth-order valence-corrected chi connectivity index (χ4v) is 0. The SMILES string of the molecule is O=N[O-].O=N[O-].O=N[O-].O=N[O-].O=N[O-].O=[N+]([O-])O.[K+].[O]=[Co]. The Morgan fingerprint density at radius 2 is 0.682 bits per heavy atom. The first-order valence-corrected chi connectivity index (χ1v) is 2.95. The van der Waals surface area contributed by atoms with Gasteiger partial charge in [0.05, 0.1) is 0 Å². The van der Waals surface area contributed by atoms with Crippen molar-refractivity contribution in [1.29, 1.82) is 0 Å². The van der Waals surface area contributed by atoms with Crippen molar-refractivity contribution in [2.45, 2.75) is 0 Å². The van der Waals surface area contributed by atoms with Crippen LogP contribution in [0.2, 0.25) is 0 Å². The van der Waals surface area contributed by atoms with Crippen LogP contribution in [0.25, 0.3) is 0 Å². The minimum atomic E-state index is -1.50. The summed E-state index contributed by atoms with van der Waals surface area (Å²) in [6, 6.07) is 0. The summed E-state index contributed by atoms with van der Waals surface area (Å²) in [6.07, 6.45) is 0. The van der Waals surface area contributed by atoms with Crippen molar-refractivity contribution in [2.75, 3.05) is 0 Å². The molecular weight excluding hydrogens is 406 g/mol. The molecule has 0 aromatic heterocycles. The van der Waals surface area contributed by atoms with Crippen LogP contribution in [-0.2, 0) is 19.5 Å². The molecule has 0 amide bonds. The molecule has 22 heteroatoms. The zero-order valence-electron chi connectivity index (χ0n) is 9.77. The fraction of sp³-hybridized carbons (Fsp3) is 0. The maximum atomic E-state index is 8.36. The third-order valence-electron chi connectivity index (χ3n) is 0. The van der Waals surface area contributed by atoms with Gasteiger partial charge in [-0.2, -0.15) is 0 Å². The molecule has 0 bridgehead atoms. The molecule has 20 nitrogen and oxygen atoms in total. The van der Waals surface area contributed by atoms with E-state index in [4.69, 9.17) is 69.8 Å². The van der Waals surface area contributed by atoms with Gasteiger partial charge in [0.25, 0.3) is 5.09 Å². The van der Waals surface area contributed by atoms with Crippen LogP contribution in [0.5, 0.6) is 0 Å². The van der Waals surface area contributed by atoms with Gasteiger partial charge < -0.3 is 55.8 Å². The van der Waals surface area contributed by atoms with Gasteiger partial charge in [-0.25, -0.2) is 0 Å². The van der Waals surface area contributed by atoms with Crippen LogP contribution in [0.1, 0.15) is 0 Å². The van der Waals surface area contributed by atoms with Gasteiger partial charge in [-0.15, -0.1) is 36.8 Å². The van der Waals surface area contributed by atoms with Crippen molar-refractivity contribution in [3.05, 3.63) is 60.7 Å². The van der Waals surface area contributed by atoms with E-state index in [1.54, 1.807) is 0 Å². The van der Waals surface area contributed by atoms with Crippen LogP contribution in [-0.4, -0.2) is 10.3 Å². The number of hydrogen-bond donors (Lipinski definition) is 1. The zero-order chi connectivity index (χ0) is 19.1. The van der Waals surface area contributed by atoms with E-state index in [-0.39, 0.29) is 51.4 Å². The Morgan fingerprint density at radius 1 is 0.682 bits per heavy atom. The molecule has 22 heavy (non-hydrogen) atoms. The molecule has 0 radical (unpaired) electrons. The predicted octanol–water partition coefficient (Wildman–Crippen LogP) is -2.21. The van der Waals surface area contributed by atoms with E-state index in [1.807, 2.05) is 0 Å². The summed E-state index contributed by atoms with van der Waals surface area (Å²) >= 11 is 2.31. The number of nitrogens with zero attached hydrogens (tertiary/aromatic N) is 6. The van der Waals surface area contributed by atoms with Gasteiger partial charge in [0, 0.05) is 0 Å². The summed E-state index contributed by atoms with van der Waals surface area (Å²) in [5.74, 6) is 0. The molecule has 1 N–H and O–H groups in total. The van der Waals surface area contributed by atoms with E-state index in [1.165, 1.54) is 0 Å². The van der Waals surface area contributed by atoms with Crippen molar-refractivity contribution in [1.82, 2.24) is 0 Å². The van der Waals surface area contributed by atoms with Gasteiger partial charge in [-0.3, -0.25) is 0 Å². The van der Waals surface area contributed by atoms with Crippen molar-refractivity contribution in [3.63, 3.8) is 0 Å². The van der Waals surface area contributed by atoms with Crippen LogP contribution < -0.4 is 51.4 Å². The molecule has 0 unspecified atom stereocenters. The molecule has 0 fully saturated rings. The van der Waals surface area contributed by atoms with Gasteiger partial charge in [0.2, 0.25) is 0 Å². The first-order chi connectivity index (χ1) is 9.80. The monoisotopic (exact) mass is 407 g/mol. The molecule has 0 aromatic carbocycles. The Hall–Kier alpha value is -1.86. The van der Waals surface area contributed by atoms with E-state index < -0.39 is 5.09 Å². The molecule has 0 saturated carbocycles. The molecule has 0 aliphatic heterocycles. The Balaban J connectivity index is -0.0000000173. The third-order valence-corrected chi connectivity index (χ3v) is 0. The van der Waals surface area contributed by atoms with Crippen molar-refractivity contribution in [3.8, 4) is 0 Å². The molecular formula is HCoKN6O14-4. The van der Waals surface area contributed by atoms with E-state index >= 15 is 0 Å². The standard InChI is InChI=1S/Co.K.HNO3.5HNO2.O/c;;2-1(3)4;5*2-1-3;/h;;(H,2,3,4);5*(H,2,3);/q;+1;;;;;;;/p-5. The average molecular weight is 407 g/mol. The van der Waals surface area contributed by atoms with E-state index in [2.05, 4.69) is 15.7 Å². The Bertz CT molecular complexity index is 173. The second-order valence-corrected chi connectivity index (χ2v) is 0.611. The van der Waals surface area contributed by atoms with E-state index in [0.29, 0.717) is 0 Å². The summed E-state index contributed by atoms with van der Waals surface area (Å²) in [7, 11) is 0. The van der Waals surface area contributed by atoms with Crippen LogP contribution in [0, 0.1) is 60.7 Å². The van der Waals surface area contributed by atoms with Crippen LogP contribution in [0.3, 0.4) is 0 Å². The molecule has 0 saturated heterocycles. The molecule has 0 aliphatic carbocycles. The minimum absolute atomic E-state index is 0. The second-order valence-electron chi connectivity index (χ2n) is 0.611. The Kier molecular flexibility index (Phi) is 380. The van der Waals surface area contributed by atoms with Crippen LogP contribution >= 0.6 is 0 Å². The molecule has 0 atom stereocenters. The summed E-state index contributed by atoms with van der Waals surface area (Å²) in [5, 5.41) is 58.6. The second kappa shape index (κ2) is 167. The summed E-state index contributed by atoms with van der Waals surface area (Å²) < 4.78 is 7.94. The first-order valence-electron chi connectivity index (χ1n) is 2.53. The molecule has 0 spiro atoms. The summed E-state index contributed by atoms with van der Waals surface area (Å²) in [6.45, 7) is 0. The average Bonchev–Trinajstić information content (AvgIpc) is 2.35. The van der Waals surface area contributed by atoms with Crippen LogP contribution in [0.4, 0.5) is 0 Å². The predicted molar refractivity (Wildman–Crippen MR) is 55.3 cm³/mol. The Labute approximate surface area is 167 Å². The van der Waals surface area contributed by atoms with Gasteiger partial charge in [-0.05, 0) is 0 Å². The normalized spacial score (nSPS) is 4.05. The van der Waals surface area contributed by atoms with Crippen molar-refractivity contribution >= 4 is 0 Å².